The first-order chi connectivity index (χ1) is 12.3. The summed E-state index contributed by atoms with van der Waals surface area (Å²) in [6.07, 6.45) is 12.5. The Morgan fingerprint density at radius 3 is 2.68 bits per heavy atom. The van der Waals surface area contributed by atoms with E-state index in [1.54, 1.807) is 23.1 Å². The fraction of sp³-hybridized carbons (Fsp3) is 0.611. The van der Waals surface area contributed by atoms with Gasteiger partial charge in [0.05, 0.1) is 5.52 Å². The van der Waals surface area contributed by atoms with Crippen LogP contribution in [0.3, 0.4) is 0 Å². The van der Waals surface area contributed by atoms with Crippen LogP contribution in [0.4, 0.5) is 0 Å². The van der Waals surface area contributed by atoms with Gasteiger partial charge < -0.3 is 0 Å². The average molecular weight is 375 g/mol. The second-order valence-electron chi connectivity index (χ2n) is 7.18. The summed E-state index contributed by atoms with van der Waals surface area (Å²) >= 11 is 3.34. The fourth-order valence-corrected chi connectivity index (χ4v) is 6.34. The third-order valence-electron chi connectivity index (χ3n) is 5.73. The van der Waals surface area contributed by atoms with Gasteiger partial charge in [-0.3, -0.25) is 13.8 Å². The maximum absolute atomic E-state index is 13.4. The van der Waals surface area contributed by atoms with E-state index in [0.717, 1.165) is 46.8 Å². The predicted octanol–water partition coefficient (Wildman–Crippen LogP) is 4.21. The molecule has 0 bridgehead atoms. The first-order valence-electron chi connectivity index (χ1n) is 9.27. The van der Waals surface area contributed by atoms with Gasteiger partial charge in [0, 0.05) is 10.9 Å². The molecule has 0 amide bonds. The molecule has 0 N–H and O–H groups in total. The summed E-state index contributed by atoms with van der Waals surface area (Å²) in [6.45, 7) is 0. The van der Waals surface area contributed by atoms with E-state index in [4.69, 9.17) is 0 Å². The molecule has 0 radical (unpaired) electrons. The van der Waals surface area contributed by atoms with Crippen LogP contribution in [0.5, 0.6) is 0 Å². The zero-order valence-electron chi connectivity index (χ0n) is 14.5. The molecule has 0 spiro atoms. The molecule has 1 fully saturated rings. The van der Waals surface area contributed by atoms with Gasteiger partial charge in [-0.15, -0.1) is 21.5 Å². The molecule has 0 saturated heterocycles. The summed E-state index contributed by atoms with van der Waals surface area (Å²) in [5.74, 6) is 0.750. The highest BCUT2D eigenvalue weighted by molar-refractivity contribution is 7.98. The molecule has 25 heavy (non-hydrogen) atoms. The smallest absolute Gasteiger partial charge is 0.272 e. The minimum Gasteiger partial charge on any atom is -0.272 e. The third kappa shape index (κ3) is 2.31. The van der Waals surface area contributed by atoms with Crippen molar-refractivity contribution in [1.82, 2.24) is 19.2 Å². The van der Waals surface area contributed by atoms with Gasteiger partial charge in [-0.2, -0.15) is 0 Å². The van der Waals surface area contributed by atoms with Crippen LogP contribution in [0.25, 0.3) is 16.0 Å². The Morgan fingerprint density at radius 2 is 1.88 bits per heavy atom. The molecule has 0 atom stereocenters. The van der Waals surface area contributed by atoms with Crippen molar-refractivity contribution >= 4 is 39.1 Å². The molecule has 2 aliphatic rings. The lowest BCUT2D eigenvalue weighted by molar-refractivity contribution is 0.351. The van der Waals surface area contributed by atoms with Crippen LogP contribution in [0.1, 0.15) is 61.4 Å². The third-order valence-corrected chi connectivity index (χ3v) is 7.63. The first kappa shape index (κ1) is 15.9. The van der Waals surface area contributed by atoms with Crippen LogP contribution < -0.4 is 5.56 Å². The molecule has 132 valence electrons. The number of thiophene rings is 1. The van der Waals surface area contributed by atoms with Crippen LogP contribution in [-0.4, -0.2) is 25.4 Å². The SMILES string of the molecule is CSc1nnc2n(C3CCCCC3)c(=O)c3sc4c(c3n12)CCCC4. The van der Waals surface area contributed by atoms with E-state index in [0.29, 0.717) is 0 Å². The number of hydrogen-bond donors (Lipinski definition) is 0. The summed E-state index contributed by atoms with van der Waals surface area (Å²) in [4.78, 5) is 14.8. The maximum Gasteiger partial charge on any atom is 0.273 e. The summed E-state index contributed by atoms with van der Waals surface area (Å²) in [6, 6.07) is 0.270. The number of rotatable bonds is 2. The van der Waals surface area contributed by atoms with Gasteiger partial charge in [-0.1, -0.05) is 31.0 Å². The van der Waals surface area contributed by atoms with Crippen LogP contribution in [-0.2, 0) is 12.8 Å². The van der Waals surface area contributed by atoms with E-state index < -0.39 is 0 Å². The lowest BCUT2D eigenvalue weighted by Gasteiger charge is -2.24. The second kappa shape index (κ2) is 6.13. The number of fused-ring (bicyclic) bond motifs is 5. The molecular weight excluding hydrogens is 352 g/mol. The van der Waals surface area contributed by atoms with Gasteiger partial charge in [0.1, 0.15) is 4.70 Å². The Labute approximate surface area is 154 Å². The van der Waals surface area contributed by atoms with E-state index in [2.05, 4.69) is 14.6 Å². The number of hydrogen-bond acceptors (Lipinski definition) is 5. The van der Waals surface area contributed by atoms with E-state index in [9.17, 15) is 4.79 Å². The highest BCUT2D eigenvalue weighted by Gasteiger charge is 2.27. The zero-order chi connectivity index (χ0) is 17.0. The Bertz CT molecular complexity index is 1010. The minimum absolute atomic E-state index is 0.161. The van der Waals surface area contributed by atoms with Crippen molar-refractivity contribution in [3.05, 3.63) is 20.8 Å². The van der Waals surface area contributed by atoms with Gasteiger partial charge in [0.25, 0.3) is 5.56 Å². The molecule has 1 saturated carbocycles. The van der Waals surface area contributed by atoms with Gasteiger partial charge in [-0.25, -0.2) is 0 Å². The van der Waals surface area contributed by atoms with Crippen molar-refractivity contribution in [1.29, 1.82) is 0 Å². The number of aromatic nitrogens is 4. The molecule has 0 aliphatic heterocycles. The lowest BCUT2D eigenvalue weighted by atomic mass is 9.95. The molecule has 3 heterocycles. The molecule has 3 aromatic rings. The molecular formula is C18H22N4OS2. The molecule has 2 aliphatic carbocycles. The van der Waals surface area contributed by atoms with Crippen molar-refractivity contribution in [3.8, 4) is 0 Å². The predicted molar refractivity (Wildman–Crippen MR) is 103 cm³/mol. The van der Waals surface area contributed by atoms with E-state index in [-0.39, 0.29) is 11.6 Å². The molecule has 0 aromatic carbocycles. The monoisotopic (exact) mass is 374 g/mol. The fourth-order valence-electron chi connectivity index (χ4n) is 4.55. The second-order valence-corrected chi connectivity index (χ2v) is 9.06. The molecule has 0 unspecified atom stereocenters. The van der Waals surface area contributed by atoms with Crippen LogP contribution >= 0.6 is 23.1 Å². The van der Waals surface area contributed by atoms with E-state index in [1.165, 1.54) is 42.5 Å². The van der Waals surface area contributed by atoms with Gasteiger partial charge in [0.15, 0.2) is 5.16 Å². The molecule has 3 aromatic heterocycles. The Morgan fingerprint density at radius 1 is 1.08 bits per heavy atom. The summed E-state index contributed by atoms with van der Waals surface area (Å²) < 4.78 is 5.06. The van der Waals surface area contributed by atoms with E-state index in [1.807, 2.05) is 10.8 Å². The number of thioether (sulfide) groups is 1. The highest BCUT2D eigenvalue weighted by Crippen LogP contribution is 2.37. The van der Waals surface area contributed by atoms with Crippen molar-refractivity contribution in [2.24, 2.45) is 0 Å². The Kier molecular flexibility index (Phi) is 3.89. The van der Waals surface area contributed by atoms with Crippen molar-refractivity contribution in [2.75, 3.05) is 6.26 Å². The van der Waals surface area contributed by atoms with Crippen molar-refractivity contribution in [3.63, 3.8) is 0 Å². The van der Waals surface area contributed by atoms with Crippen LogP contribution in [0.15, 0.2) is 9.95 Å². The van der Waals surface area contributed by atoms with Gasteiger partial charge in [-0.05, 0) is 50.3 Å². The van der Waals surface area contributed by atoms with Crippen LogP contribution in [0, 0.1) is 0 Å². The highest BCUT2D eigenvalue weighted by atomic mass is 32.2. The topological polar surface area (TPSA) is 52.2 Å². The summed E-state index contributed by atoms with van der Waals surface area (Å²) in [7, 11) is 0. The normalized spacial score (nSPS) is 18.9. The Hall–Kier alpha value is -1.34. The quantitative estimate of drug-likeness (QED) is 0.631. The van der Waals surface area contributed by atoms with Crippen molar-refractivity contribution in [2.45, 2.75) is 69.0 Å². The number of aryl methyl sites for hydroxylation is 2. The first-order valence-corrected chi connectivity index (χ1v) is 11.3. The van der Waals surface area contributed by atoms with Crippen LogP contribution in [0.2, 0.25) is 0 Å². The Balaban J connectivity index is 1.90. The summed E-state index contributed by atoms with van der Waals surface area (Å²) in [5.41, 5.74) is 2.63. The number of nitrogens with zero attached hydrogens (tertiary/aromatic N) is 4. The molecule has 5 rings (SSSR count). The van der Waals surface area contributed by atoms with Crippen molar-refractivity contribution < 1.29 is 0 Å². The average Bonchev–Trinajstić information content (AvgIpc) is 3.24. The molecule has 7 heteroatoms. The zero-order valence-corrected chi connectivity index (χ0v) is 16.1. The van der Waals surface area contributed by atoms with Gasteiger partial charge in [0.2, 0.25) is 5.78 Å². The standard InChI is InChI=1S/C18H22N4OS2/c1-24-18-20-19-17-21(11-7-3-2-4-8-11)16(23)15-14(22(17)18)12-9-5-6-10-13(12)25-15/h11H,2-10H2,1H3. The van der Waals surface area contributed by atoms with Gasteiger partial charge >= 0.3 is 0 Å². The molecule has 5 nitrogen and oxygen atoms in total. The maximum atomic E-state index is 13.4. The minimum atomic E-state index is 0.161. The van der Waals surface area contributed by atoms with E-state index >= 15 is 0 Å². The summed E-state index contributed by atoms with van der Waals surface area (Å²) in [5, 5.41) is 9.77. The largest absolute Gasteiger partial charge is 0.273 e. The lowest BCUT2D eigenvalue weighted by Crippen LogP contribution is -2.28.